The van der Waals surface area contributed by atoms with Gasteiger partial charge in [-0.3, -0.25) is 9.59 Å². The van der Waals surface area contributed by atoms with E-state index in [9.17, 15) is 9.59 Å². The van der Waals surface area contributed by atoms with E-state index in [2.05, 4.69) is 24.1 Å². The van der Waals surface area contributed by atoms with Crippen LogP contribution < -0.4 is 5.32 Å². The lowest BCUT2D eigenvalue weighted by atomic mass is 9.42. The van der Waals surface area contributed by atoms with Crippen LogP contribution in [0.1, 0.15) is 58.8 Å². The standard InChI is InChI=1S/C17H26N2O2/c1-15-5-12-6-16(2,9-15)11-17(7-12,10-15)19-4-3-13(20)18-8-14(19)21/h12H,3-11H2,1-2H3,(H,18,20). The van der Waals surface area contributed by atoms with Gasteiger partial charge in [0.25, 0.3) is 0 Å². The van der Waals surface area contributed by atoms with Crippen LogP contribution in [0.5, 0.6) is 0 Å². The van der Waals surface area contributed by atoms with Crippen LogP contribution in [0, 0.1) is 16.7 Å². The first kappa shape index (κ1) is 13.6. The molecule has 1 saturated heterocycles. The molecule has 2 amide bonds. The highest BCUT2D eigenvalue weighted by molar-refractivity contribution is 5.87. The second kappa shape index (κ2) is 4.02. The highest BCUT2D eigenvalue weighted by Crippen LogP contribution is 2.67. The molecular weight excluding hydrogens is 264 g/mol. The van der Waals surface area contributed by atoms with Gasteiger partial charge in [0.1, 0.15) is 0 Å². The van der Waals surface area contributed by atoms with Crippen molar-refractivity contribution in [1.29, 1.82) is 0 Å². The zero-order valence-corrected chi connectivity index (χ0v) is 13.2. The molecular formula is C17H26N2O2. The smallest absolute Gasteiger partial charge is 0.242 e. The van der Waals surface area contributed by atoms with Crippen molar-refractivity contribution in [3.8, 4) is 0 Å². The van der Waals surface area contributed by atoms with Gasteiger partial charge in [-0.2, -0.15) is 0 Å². The van der Waals surface area contributed by atoms with Gasteiger partial charge in [0.2, 0.25) is 11.8 Å². The number of nitrogens with one attached hydrogen (secondary N) is 1. The summed E-state index contributed by atoms with van der Waals surface area (Å²) in [7, 11) is 0. The summed E-state index contributed by atoms with van der Waals surface area (Å²) in [5, 5.41) is 2.75. The van der Waals surface area contributed by atoms with Crippen molar-refractivity contribution in [3.63, 3.8) is 0 Å². The molecule has 0 spiro atoms. The summed E-state index contributed by atoms with van der Waals surface area (Å²) < 4.78 is 0. The molecule has 0 aromatic carbocycles. The number of carbonyl (C=O) groups is 2. The van der Waals surface area contributed by atoms with Crippen molar-refractivity contribution < 1.29 is 9.59 Å². The minimum absolute atomic E-state index is 0.0213. The third-order valence-electron chi connectivity index (χ3n) is 6.47. The molecule has 4 bridgehead atoms. The number of amides is 2. The van der Waals surface area contributed by atoms with Crippen LogP contribution in [-0.2, 0) is 9.59 Å². The van der Waals surface area contributed by atoms with Crippen LogP contribution in [0.2, 0.25) is 0 Å². The van der Waals surface area contributed by atoms with Crippen LogP contribution in [0.15, 0.2) is 0 Å². The van der Waals surface area contributed by atoms with Gasteiger partial charge in [-0.05, 0) is 55.3 Å². The van der Waals surface area contributed by atoms with Gasteiger partial charge < -0.3 is 10.2 Å². The third-order valence-corrected chi connectivity index (χ3v) is 6.47. The molecule has 2 atom stereocenters. The molecule has 1 heterocycles. The van der Waals surface area contributed by atoms with Crippen molar-refractivity contribution in [2.75, 3.05) is 13.1 Å². The SMILES string of the molecule is CC12CC3CC(C)(C1)CC(N1CCC(=O)NCC1=O)(C3)C2. The fraction of sp³-hybridized carbons (Fsp3) is 0.882. The molecule has 1 N–H and O–H groups in total. The number of hydrogen-bond acceptors (Lipinski definition) is 2. The van der Waals surface area contributed by atoms with Crippen LogP contribution in [0.4, 0.5) is 0 Å². The lowest BCUT2D eigenvalue weighted by Gasteiger charge is -2.67. The van der Waals surface area contributed by atoms with E-state index >= 15 is 0 Å². The Kier molecular flexibility index (Phi) is 2.60. The van der Waals surface area contributed by atoms with Gasteiger partial charge in [0, 0.05) is 18.5 Å². The van der Waals surface area contributed by atoms with Crippen LogP contribution in [0.3, 0.4) is 0 Å². The van der Waals surface area contributed by atoms with E-state index in [1.54, 1.807) is 0 Å². The fourth-order valence-electron chi connectivity index (χ4n) is 6.89. The summed E-state index contributed by atoms with van der Waals surface area (Å²) in [6.45, 7) is 5.66. The molecule has 116 valence electrons. The Bertz CT molecular complexity index is 497. The normalized spacial score (nSPS) is 49.2. The molecule has 0 radical (unpaired) electrons. The molecule has 4 saturated carbocycles. The Hall–Kier alpha value is -1.06. The van der Waals surface area contributed by atoms with Gasteiger partial charge in [-0.1, -0.05) is 13.8 Å². The summed E-state index contributed by atoms with van der Waals surface area (Å²) in [5.41, 5.74) is 0.836. The quantitative estimate of drug-likeness (QED) is 0.804. The van der Waals surface area contributed by atoms with Crippen LogP contribution in [-0.4, -0.2) is 35.3 Å². The number of nitrogens with zero attached hydrogens (tertiary/aromatic N) is 1. The molecule has 2 unspecified atom stereocenters. The summed E-state index contributed by atoms with van der Waals surface area (Å²) >= 11 is 0. The van der Waals surface area contributed by atoms with Crippen LogP contribution >= 0.6 is 0 Å². The van der Waals surface area contributed by atoms with Gasteiger partial charge >= 0.3 is 0 Å². The van der Waals surface area contributed by atoms with Gasteiger partial charge in [-0.15, -0.1) is 0 Å². The Morgan fingerprint density at radius 2 is 1.71 bits per heavy atom. The molecule has 4 nitrogen and oxygen atoms in total. The monoisotopic (exact) mass is 290 g/mol. The molecule has 4 heteroatoms. The minimum Gasteiger partial charge on any atom is -0.347 e. The first-order valence-corrected chi connectivity index (χ1v) is 8.39. The van der Waals surface area contributed by atoms with E-state index in [1.165, 1.54) is 19.3 Å². The average molecular weight is 290 g/mol. The third kappa shape index (κ3) is 2.01. The van der Waals surface area contributed by atoms with Crippen LogP contribution in [0.25, 0.3) is 0 Å². The number of carbonyl (C=O) groups excluding carboxylic acids is 2. The molecule has 4 aliphatic carbocycles. The van der Waals surface area contributed by atoms with Gasteiger partial charge in [0.15, 0.2) is 0 Å². The molecule has 0 aromatic heterocycles. The van der Waals surface area contributed by atoms with E-state index < -0.39 is 0 Å². The average Bonchev–Trinajstić information content (AvgIpc) is 2.47. The molecule has 0 aromatic rings. The van der Waals surface area contributed by atoms with Gasteiger partial charge in [-0.25, -0.2) is 0 Å². The van der Waals surface area contributed by atoms with Crippen molar-refractivity contribution in [1.82, 2.24) is 10.2 Å². The number of rotatable bonds is 1. The molecule has 5 fully saturated rings. The maximum atomic E-state index is 12.6. The van der Waals surface area contributed by atoms with E-state index in [4.69, 9.17) is 0 Å². The summed E-state index contributed by atoms with van der Waals surface area (Å²) in [5.74, 6) is 0.930. The Morgan fingerprint density at radius 1 is 1.05 bits per heavy atom. The van der Waals surface area contributed by atoms with Crippen molar-refractivity contribution in [3.05, 3.63) is 0 Å². The molecule has 5 aliphatic rings. The second-order valence-corrected chi connectivity index (χ2v) is 8.93. The van der Waals surface area contributed by atoms with Gasteiger partial charge in [0.05, 0.1) is 6.54 Å². The highest BCUT2D eigenvalue weighted by atomic mass is 16.2. The predicted molar refractivity (Wildman–Crippen MR) is 79.5 cm³/mol. The maximum Gasteiger partial charge on any atom is 0.242 e. The Balaban J connectivity index is 1.70. The van der Waals surface area contributed by atoms with E-state index in [-0.39, 0.29) is 23.9 Å². The fourth-order valence-corrected chi connectivity index (χ4v) is 6.89. The number of hydrogen-bond donors (Lipinski definition) is 1. The van der Waals surface area contributed by atoms with E-state index in [0.717, 1.165) is 25.2 Å². The second-order valence-electron chi connectivity index (χ2n) is 8.93. The van der Waals surface area contributed by atoms with Crippen molar-refractivity contribution in [2.45, 2.75) is 64.3 Å². The molecule has 1 aliphatic heterocycles. The predicted octanol–water partition coefficient (Wildman–Crippen LogP) is 2.08. The lowest BCUT2D eigenvalue weighted by molar-refractivity contribution is -0.174. The largest absolute Gasteiger partial charge is 0.347 e. The molecule has 21 heavy (non-hydrogen) atoms. The maximum absolute atomic E-state index is 12.6. The Morgan fingerprint density at radius 3 is 2.33 bits per heavy atom. The summed E-state index contributed by atoms with van der Waals surface area (Å²) in [6.07, 6.45) is 7.91. The zero-order chi connectivity index (χ0) is 14.9. The zero-order valence-electron chi connectivity index (χ0n) is 13.2. The minimum atomic E-state index is 0.0213. The Labute approximate surface area is 126 Å². The summed E-state index contributed by atoms with van der Waals surface area (Å²) in [6, 6.07) is 0. The first-order valence-electron chi connectivity index (χ1n) is 8.39. The summed E-state index contributed by atoms with van der Waals surface area (Å²) in [4.78, 5) is 26.3. The topological polar surface area (TPSA) is 49.4 Å². The molecule has 5 rings (SSSR count). The van der Waals surface area contributed by atoms with E-state index in [0.29, 0.717) is 23.8 Å². The van der Waals surface area contributed by atoms with Crippen molar-refractivity contribution in [2.24, 2.45) is 16.7 Å². The first-order chi connectivity index (χ1) is 9.82. The van der Waals surface area contributed by atoms with E-state index in [1.807, 2.05) is 0 Å². The lowest BCUT2D eigenvalue weighted by Crippen LogP contribution is -2.66. The highest BCUT2D eigenvalue weighted by Gasteiger charge is 2.62. The van der Waals surface area contributed by atoms with Crippen molar-refractivity contribution >= 4 is 11.8 Å².